The summed E-state index contributed by atoms with van der Waals surface area (Å²) < 4.78 is 5.06. The number of nitrogens with zero attached hydrogens (tertiary/aromatic N) is 1. The van der Waals surface area contributed by atoms with Gasteiger partial charge in [-0.3, -0.25) is 4.90 Å². The highest BCUT2D eigenvalue weighted by Gasteiger charge is 2.42. The lowest BCUT2D eigenvalue weighted by molar-refractivity contribution is -0.155. The third kappa shape index (κ3) is 2.97. The summed E-state index contributed by atoms with van der Waals surface area (Å²) in [5, 5.41) is 4.02. The molecule has 1 aliphatic heterocycles. The van der Waals surface area contributed by atoms with E-state index in [-0.39, 0.29) is 5.97 Å². The number of methoxy groups -OCH3 is 1. The number of rotatable bonds is 3. The highest BCUT2D eigenvalue weighted by Crippen LogP contribution is 2.31. The van der Waals surface area contributed by atoms with E-state index in [0.29, 0.717) is 5.02 Å². The van der Waals surface area contributed by atoms with Crippen molar-refractivity contribution in [2.45, 2.75) is 18.9 Å². The summed E-state index contributed by atoms with van der Waals surface area (Å²) in [6, 6.07) is 7.43. The number of hydrogen-bond donors (Lipinski definition) is 1. The van der Waals surface area contributed by atoms with Crippen molar-refractivity contribution in [1.29, 1.82) is 0 Å². The minimum absolute atomic E-state index is 0.235. The zero-order valence-electron chi connectivity index (χ0n) is 12.0. The molecule has 1 fully saturated rings. The van der Waals surface area contributed by atoms with Gasteiger partial charge in [0.15, 0.2) is 0 Å². The predicted molar refractivity (Wildman–Crippen MR) is 79.9 cm³/mol. The van der Waals surface area contributed by atoms with E-state index in [1.807, 2.05) is 31.2 Å². The van der Waals surface area contributed by atoms with Crippen molar-refractivity contribution in [3.8, 4) is 0 Å². The fourth-order valence-electron chi connectivity index (χ4n) is 2.70. The van der Waals surface area contributed by atoms with Crippen LogP contribution in [0.2, 0.25) is 5.02 Å². The van der Waals surface area contributed by atoms with E-state index >= 15 is 0 Å². The first-order valence-corrected chi connectivity index (χ1v) is 7.27. The molecule has 0 radical (unpaired) electrons. The molecular formula is C15H21ClN2O2. The van der Waals surface area contributed by atoms with Gasteiger partial charge in [-0.05, 0) is 37.6 Å². The highest BCUT2D eigenvalue weighted by molar-refractivity contribution is 6.30. The Kier molecular flexibility index (Phi) is 5.02. The quantitative estimate of drug-likeness (QED) is 0.867. The number of carbonyl (C=O) groups is 1. The van der Waals surface area contributed by atoms with Crippen LogP contribution in [0.3, 0.4) is 0 Å². The zero-order chi connectivity index (χ0) is 14.6. The van der Waals surface area contributed by atoms with E-state index in [9.17, 15) is 4.79 Å². The molecule has 1 atom stereocenters. The second-order valence-electron chi connectivity index (χ2n) is 5.16. The largest absolute Gasteiger partial charge is 0.467 e. The van der Waals surface area contributed by atoms with Crippen molar-refractivity contribution in [2.75, 3.05) is 33.3 Å². The van der Waals surface area contributed by atoms with Crippen LogP contribution in [0, 0.1) is 0 Å². The zero-order valence-corrected chi connectivity index (χ0v) is 12.7. The molecule has 0 aliphatic carbocycles. The van der Waals surface area contributed by atoms with Crippen molar-refractivity contribution in [2.24, 2.45) is 0 Å². The van der Waals surface area contributed by atoms with Gasteiger partial charge < -0.3 is 10.1 Å². The van der Waals surface area contributed by atoms with Gasteiger partial charge >= 0.3 is 5.97 Å². The molecule has 0 amide bonds. The molecule has 0 spiro atoms. The summed E-state index contributed by atoms with van der Waals surface area (Å²) in [5.74, 6) is -0.235. The van der Waals surface area contributed by atoms with Crippen LogP contribution in [0.25, 0.3) is 0 Å². The van der Waals surface area contributed by atoms with E-state index < -0.39 is 5.54 Å². The number of halogens is 1. The van der Waals surface area contributed by atoms with E-state index in [2.05, 4.69) is 10.2 Å². The Morgan fingerprint density at radius 1 is 1.30 bits per heavy atom. The molecule has 1 aliphatic rings. The Morgan fingerprint density at radius 2 is 2.00 bits per heavy atom. The molecule has 1 N–H and O–H groups in total. The molecule has 1 heterocycles. The van der Waals surface area contributed by atoms with Crippen LogP contribution in [0.4, 0.5) is 0 Å². The summed E-state index contributed by atoms with van der Waals surface area (Å²) in [6.45, 7) is 5.46. The van der Waals surface area contributed by atoms with Gasteiger partial charge in [0, 0.05) is 24.7 Å². The van der Waals surface area contributed by atoms with Gasteiger partial charge in [0.1, 0.15) is 5.54 Å². The van der Waals surface area contributed by atoms with Gasteiger partial charge in [-0.2, -0.15) is 0 Å². The van der Waals surface area contributed by atoms with E-state index in [4.69, 9.17) is 16.3 Å². The third-order valence-corrected chi connectivity index (χ3v) is 4.21. The number of esters is 1. The van der Waals surface area contributed by atoms with Gasteiger partial charge in [-0.15, -0.1) is 0 Å². The normalized spacial score (nSPS) is 19.9. The average molecular weight is 297 g/mol. The van der Waals surface area contributed by atoms with Crippen LogP contribution >= 0.6 is 11.6 Å². The van der Waals surface area contributed by atoms with Gasteiger partial charge in [-0.25, -0.2) is 4.79 Å². The van der Waals surface area contributed by atoms with Gasteiger partial charge in [0.05, 0.1) is 7.11 Å². The summed E-state index contributed by atoms with van der Waals surface area (Å²) in [6.07, 6.45) is 1.01. The minimum Gasteiger partial charge on any atom is -0.467 e. The second kappa shape index (κ2) is 6.57. The Morgan fingerprint density at radius 3 is 2.65 bits per heavy atom. The Labute approximate surface area is 125 Å². The Bertz CT molecular complexity index is 455. The first-order chi connectivity index (χ1) is 9.59. The van der Waals surface area contributed by atoms with Crippen LogP contribution in [0.1, 0.15) is 18.9 Å². The molecule has 0 saturated carbocycles. The second-order valence-corrected chi connectivity index (χ2v) is 5.60. The first-order valence-electron chi connectivity index (χ1n) is 6.89. The van der Waals surface area contributed by atoms with Crippen LogP contribution in [0.15, 0.2) is 24.3 Å². The molecule has 1 aromatic carbocycles. The maximum atomic E-state index is 12.4. The van der Waals surface area contributed by atoms with Crippen LogP contribution in [-0.4, -0.2) is 44.2 Å². The van der Waals surface area contributed by atoms with E-state index in [1.54, 1.807) is 0 Å². The molecule has 20 heavy (non-hydrogen) atoms. The van der Waals surface area contributed by atoms with E-state index in [1.165, 1.54) is 7.11 Å². The summed E-state index contributed by atoms with van der Waals surface area (Å²) in [5.41, 5.74) is 0.140. The Balaban J connectivity index is 2.38. The highest BCUT2D eigenvalue weighted by atomic mass is 35.5. The average Bonchev–Trinajstić information content (AvgIpc) is 2.75. The molecule has 2 rings (SSSR count). The van der Waals surface area contributed by atoms with Crippen LogP contribution in [-0.2, 0) is 15.1 Å². The number of ether oxygens (including phenoxy) is 1. The molecular weight excluding hydrogens is 276 g/mol. The fraction of sp³-hybridized carbons (Fsp3) is 0.533. The summed E-state index contributed by atoms with van der Waals surface area (Å²) in [4.78, 5) is 14.6. The van der Waals surface area contributed by atoms with Crippen molar-refractivity contribution >= 4 is 17.6 Å². The minimum atomic E-state index is -0.772. The molecule has 110 valence electrons. The number of hydrogen-bond acceptors (Lipinski definition) is 4. The maximum absolute atomic E-state index is 12.4. The molecule has 4 nitrogen and oxygen atoms in total. The topological polar surface area (TPSA) is 41.6 Å². The predicted octanol–water partition coefficient (Wildman–Crippen LogP) is 2.02. The van der Waals surface area contributed by atoms with E-state index in [0.717, 1.165) is 38.2 Å². The molecule has 1 unspecified atom stereocenters. The lowest BCUT2D eigenvalue weighted by atomic mass is 9.89. The smallest absolute Gasteiger partial charge is 0.330 e. The number of nitrogens with one attached hydrogen (secondary N) is 1. The lowest BCUT2D eigenvalue weighted by Crippen LogP contribution is -2.51. The molecule has 1 aromatic rings. The fourth-order valence-corrected chi connectivity index (χ4v) is 2.82. The van der Waals surface area contributed by atoms with Crippen molar-refractivity contribution in [3.05, 3.63) is 34.9 Å². The van der Waals surface area contributed by atoms with Crippen molar-refractivity contribution in [3.63, 3.8) is 0 Å². The SMILES string of the molecule is COC(=O)C(C)(c1ccc(Cl)cc1)N1CCCNCC1. The number of carbonyl (C=O) groups excluding carboxylic acids is 1. The van der Waals surface area contributed by atoms with Crippen molar-refractivity contribution < 1.29 is 9.53 Å². The molecule has 0 bridgehead atoms. The third-order valence-electron chi connectivity index (χ3n) is 3.96. The van der Waals surface area contributed by atoms with Crippen LogP contribution in [0.5, 0.6) is 0 Å². The lowest BCUT2D eigenvalue weighted by Gasteiger charge is -2.38. The molecule has 5 heteroatoms. The first kappa shape index (κ1) is 15.3. The van der Waals surface area contributed by atoms with Crippen molar-refractivity contribution in [1.82, 2.24) is 10.2 Å². The summed E-state index contributed by atoms with van der Waals surface area (Å²) >= 11 is 5.95. The molecule has 1 saturated heterocycles. The Hall–Kier alpha value is -1.10. The van der Waals surface area contributed by atoms with Crippen LogP contribution < -0.4 is 5.32 Å². The molecule has 0 aromatic heterocycles. The van der Waals surface area contributed by atoms with Gasteiger partial charge in [0.2, 0.25) is 0 Å². The number of benzene rings is 1. The maximum Gasteiger partial charge on any atom is 0.330 e. The monoisotopic (exact) mass is 296 g/mol. The standard InChI is InChI=1S/C15H21ClN2O2/c1-15(14(19)20-2,12-4-6-13(16)7-5-12)18-10-3-8-17-9-11-18/h4-7,17H,3,8-11H2,1-2H3. The van der Waals surface area contributed by atoms with Gasteiger partial charge in [0.25, 0.3) is 0 Å². The van der Waals surface area contributed by atoms with Gasteiger partial charge in [-0.1, -0.05) is 23.7 Å². The summed E-state index contributed by atoms with van der Waals surface area (Å²) in [7, 11) is 1.44.